The molecule has 40 heavy (non-hydrogen) atoms. The van der Waals surface area contributed by atoms with Gasteiger partial charge in [0.05, 0.1) is 11.7 Å². The van der Waals surface area contributed by atoms with Crippen LogP contribution in [0.2, 0.25) is 10.0 Å². The molecule has 2 aromatic carbocycles. The van der Waals surface area contributed by atoms with Crippen molar-refractivity contribution in [2.24, 2.45) is 17.3 Å². The van der Waals surface area contributed by atoms with E-state index in [1.807, 2.05) is 32.0 Å². The van der Waals surface area contributed by atoms with Crippen LogP contribution in [0.25, 0.3) is 11.0 Å². The molecule has 2 atom stereocenters. The van der Waals surface area contributed by atoms with E-state index in [0.29, 0.717) is 44.6 Å². The van der Waals surface area contributed by atoms with Gasteiger partial charge < -0.3 is 24.1 Å². The third-order valence-electron chi connectivity index (χ3n) is 9.25. The SMILES string of the molecule is C[C@@H](Oc1cc(N2CC([C@H]3CCCN(C4CC(C)(C(=O)O)C4)C3)C2)cc2occc(=O)c12)c1ccc(Cl)cc1Cl. The number of hydrogen-bond acceptors (Lipinski definition) is 6. The van der Waals surface area contributed by atoms with Gasteiger partial charge in [-0.15, -0.1) is 0 Å². The molecular weight excluding hydrogens is 551 g/mol. The minimum Gasteiger partial charge on any atom is -0.485 e. The molecule has 1 saturated carbocycles. The number of carbonyl (C=O) groups is 1. The van der Waals surface area contributed by atoms with Gasteiger partial charge in [-0.2, -0.15) is 0 Å². The van der Waals surface area contributed by atoms with Crippen LogP contribution in [0.5, 0.6) is 5.75 Å². The first-order chi connectivity index (χ1) is 19.1. The van der Waals surface area contributed by atoms with E-state index in [2.05, 4.69) is 9.80 Å². The second kappa shape index (κ2) is 10.6. The van der Waals surface area contributed by atoms with Crippen molar-refractivity contribution in [2.75, 3.05) is 31.1 Å². The van der Waals surface area contributed by atoms with Crippen LogP contribution < -0.4 is 15.1 Å². The summed E-state index contributed by atoms with van der Waals surface area (Å²) in [6.07, 6.45) is 4.87. The van der Waals surface area contributed by atoms with Gasteiger partial charge in [-0.1, -0.05) is 29.3 Å². The van der Waals surface area contributed by atoms with E-state index >= 15 is 0 Å². The first kappa shape index (κ1) is 27.4. The molecule has 2 aliphatic heterocycles. The highest BCUT2D eigenvalue weighted by molar-refractivity contribution is 6.35. The number of likely N-dealkylation sites (tertiary alicyclic amines) is 1. The molecule has 0 bridgehead atoms. The molecule has 0 amide bonds. The maximum absolute atomic E-state index is 12.8. The molecule has 2 saturated heterocycles. The molecule has 3 fully saturated rings. The molecular formula is C31H34Cl2N2O5. The van der Waals surface area contributed by atoms with Gasteiger partial charge in [0.25, 0.3) is 0 Å². The first-order valence-electron chi connectivity index (χ1n) is 14.0. The fourth-order valence-corrected chi connectivity index (χ4v) is 7.28. The van der Waals surface area contributed by atoms with Gasteiger partial charge in [0.2, 0.25) is 0 Å². The van der Waals surface area contributed by atoms with E-state index in [1.54, 1.807) is 12.1 Å². The zero-order chi connectivity index (χ0) is 28.2. The molecule has 7 nitrogen and oxygen atoms in total. The summed E-state index contributed by atoms with van der Waals surface area (Å²) in [5, 5.41) is 11.0. The van der Waals surface area contributed by atoms with Crippen molar-refractivity contribution in [2.45, 2.75) is 51.7 Å². The number of benzene rings is 2. The van der Waals surface area contributed by atoms with Crippen molar-refractivity contribution < 1.29 is 19.1 Å². The lowest BCUT2D eigenvalue weighted by Gasteiger charge is -2.52. The van der Waals surface area contributed by atoms with Crippen LogP contribution in [0.3, 0.4) is 0 Å². The van der Waals surface area contributed by atoms with Crippen molar-refractivity contribution in [3.63, 3.8) is 0 Å². The van der Waals surface area contributed by atoms with E-state index in [4.69, 9.17) is 32.4 Å². The largest absolute Gasteiger partial charge is 0.485 e. The first-order valence-corrected chi connectivity index (χ1v) is 14.8. The summed E-state index contributed by atoms with van der Waals surface area (Å²) in [6.45, 7) is 7.72. The Morgan fingerprint density at radius 1 is 1.12 bits per heavy atom. The molecule has 1 aromatic heterocycles. The van der Waals surface area contributed by atoms with Crippen LogP contribution in [0.15, 0.2) is 51.9 Å². The van der Waals surface area contributed by atoms with E-state index in [9.17, 15) is 14.7 Å². The van der Waals surface area contributed by atoms with Crippen molar-refractivity contribution in [1.82, 2.24) is 4.90 Å². The lowest BCUT2D eigenvalue weighted by Crippen LogP contribution is -2.58. The zero-order valence-corrected chi connectivity index (χ0v) is 24.3. The molecule has 1 N–H and O–H groups in total. The highest BCUT2D eigenvalue weighted by Gasteiger charge is 2.49. The Bertz CT molecular complexity index is 1490. The maximum Gasteiger partial charge on any atom is 0.309 e. The molecule has 0 radical (unpaired) electrons. The smallest absolute Gasteiger partial charge is 0.309 e. The van der Waals surface area contributed by atoms with Gasteiger partial charge in [-0.05, 0) is 70.0 Å². The summed E-state index contributed by atoms with van der Waals surface area (Å²) in [4.78, 5) is 29.2. The summed E-state index contributed by atoms with van der Waals surface area (Å²) < 4.78 is 12.1. The van der Waals surface area contributed by atoms with Crippen LogP contribution >= 0.6 is 23.2 Å². The summed E-state index contributed by atoms with van der Waals surface area (Å²) in [5.41, 5.74) is 1.52. The molecule has 212 valence electrons. The number of rotatable bonds is 7. The molecule has 6 rings (SSSR count). The van der Waals surface area contributed by atoms with Gasteiger partial charge in [0.15, 0.2) is 5.43 Å². The predicted molar refractivity (Wildman–Crippen MR) is 157 cm³/mol. The summed E-state index contributed by atoms with van der Waals surface area (Å²) in [7, 11) is 0. The standard InChI is InChI=1S/C31H34Cl2N2O5/c1-18(24-6-5-21(32)10-25(24)33)40-28-12-22(11-27-29(28)26(36)7-9-39-27)35-16-20(17-35)19-4-3-8-34(15-19)23-13-31(2,14-23)30(37)38/h5-7,9-12,18-20,23H,3-4,8,13-17H2,1-2H3,(H,37,38)/t18-,19+,23?,31?/m1/s1. The average Bonchev–Trinajstić information content (AvgIpc) is 2.86. The fraction of sp³-hybridized carbons (Fsp3) is 0.484. The van der Waals surface area contributed by atoms with Crippen LogP contribution in [0.4, 0.5) is 5.69 Å². The topological polar surface area (TPSA) is 83.2 Å². The van der Waals surface area contributed by atoms with Gasteiger partial charge in [0.1, 0.15) is 22.8 Å². The number of halogens is 2. The number of nitrogens with zero attached hydrogens (tertiary/aromatic N) is 2. The van der Waals surface area contributed by atoms with Gasteiger partial charge in [0, 0.05) is 65.2 Å². The third kappa shape index (κ3) is 5.08. The van der Waals surface area contributed by atoms with Crippen molar-refractivity contribution in [1.29, 1.82) is 0 Å². The van der Waals surface area contributed by atoms with Crippen LogP contribution in [-0.2, 0) is 4.79 Å². The van der Waals surface area contributed by atoms with E-state index in [0.717, 1.165) is 56.7 Å². The quantitative estimate of drug-likeness (QED) is 0.333. The molecule has 1 aliphatic carbocycles. The number of aliphatic carboxylic acids is 1. The van der Waals surface area contributed by atoms with Gasteiger partial charge in [-0.25, -0.2) is 0 Å². The van der Waals surface area contributed by atoms with Crippen molar-refractivity contribution in [3.8, 4) is 5.75 Å². The van der Waals surface area contributed by atoms with Gasteiger partial charge >= 0.3 is 5.97 Å². The van der Waals surface area contributed by atoms with E-state index in [-0.39, 0.29) is 5.43 Å². The van der Waals surface area contributed by atoms with Crippen molar-refractivity contribution >= 4 is 45.8 Å². The number of anilines is 1. The minimum absolute atomic E-state index is 0.157. The predicted octanol–water partition coefficient (Wildman–Crippen LogP) is 6.64. The maximum atomic E-state index is 12.8. The number of piperidine rings is 1. The number of carboxylic acid groups (broad SMARTS) is 1. The monoisotopic (exact) mass is 584 g/mol. The summed E-state index contributed by atoms with van der Waals surface area (Å²) in [5.74, 6) is 0.970. The second-order valence-electron chi connectivity index (χ2n) is 12.0. The highest BCUT2D eigenvalue weighted by atomic mass is 35.5. The van der Waals surface area contributed by atoms with E-state index < -0.39 is 17.5 Å². The van der Waals surface area contributed by atoms with E-state index in [1.165, 1.54) is 18.8 Å². The number of hydrogen-bond donors (Lipinski definition) is 1. The Morgan fingerprint density at radius 2 is 1.90 bits per heavy atom. The van der Waals surface area contributed by atoms with Crippen LogP contribution in [0.1, 0.15) is 51.2 Å². The Hall–Kier alpha value is -2.74. The molecule has 3 aromatic rings. The number of carboxylic acids is 1. The van der Waals surface area contributed by atoms with Crippen molar-refractivity contribution in [3.05, 3.63) is 68.5 Å². The third-order valence-corrected chi connectivity index (χ3v) is 9.81. The lowest BCUT2D eigenvalue weighted by molar-refractivity contribution is -0.158. The molecule has 9 heteroatoms. The fourth-order valence-electron chi connectivity index (χ4n) is 6.72. The normalized spacial score (nSPS) is 26.2. The Morgan fingerprint density at radius 3 is 2.62 bits per heavy atom. The molecule has 0 unspecified atom stereocenters. The minimum atomic E-state index is -0.674. The average molecular weight is 586 g/mol. The Kier molecular flexibility index (Phi) is 7.26. The zero-order valence-electron chi connectivity index (χ0n) is 22.7. The molecule has 0 spiro atoms. The van der Waals surface area contributed by atoms with Crippen LogP contribution in [-0.4, -0.2) is 48.2 Å². The number of fused-ring (bicyclic) bond motifs is 1. The summed E-state index contributed by atoms with van der Waals surface area (Å²) >= 11 is 12.5. The highest BCUT2D eigenvalue weighted by Crippen LogP contribution is 2.46. The molecule has 3 aliphatic rings. The number of ether oxygens (including phenoxy) is 1. The second-order valence-corrected chi connectivity index (χ2v) is 12.9. The van der Waals surface area contributed by atoms with Crippen LogP contribution in [0, 0.1) is 17.3 Å². The molecule has 3 heterocycles. The lowest BCUT2D eigenvalue weighted by atomic mass is 9.65. The Labute approximate surface area is 243 Å². The van der Waals surface area contributed by atoms with Gasteiger partial charge in [-0.3, -0.25) is 9.59 Å². The summed E-state index contributed by atoms with van der Waals surface area (Å²) in [6, 6.07) is 10.9. The Balaban J connectivity index is 1.16.